The summed E-state index contributed by atoms with van der Waals surface area (Å²) in [6, 6.07) is 10.1. The Hall–Kier alpha value is -2.89. The molecule has 6 nitrogen and oxygen atoms in total. The number of ketones is 1. The van der Waals surface area contributed by atoms with E-state index in [-0.39, 0.29) is 30.2 Å². The van der Waals surface area contributed by atoms with Crippen LogP contribution in [0.5, 0.6) is 0 Å². The first-order chi connectivity index (χ1) is 13.9. The zero-order chi connectivity index (χ0) is 20.5. The van der Waals surface area contributed by atoms with Crippen molar-refractivity contribution in [1.82, 2.24) is 9.88 Å². The Morgan fingerprint density at radius 1 is 1.03 bits per heavy atom. The largest absolute Gasteiger partial charge is 0.351 e. The van der Waals surface area contributed by atoms with E-state index in [1.54, 1.807) is 29.2 Å². The molecule has 1 aliphatic carbocycles. The molecule has 2 aromatic rings. The van der Waals surface area contributed by atoms with Gasteiger partial charge in [0.2, 0.25) is 11.8 Å². The summed E-state index contributed by atoms with van der Waals surface area (Å²) in [7, 11) is 0. The predicted molar refractivity (Wildman–Crippen MR) is 111 cm³/mol. The number of hydrogen-bond acceptors (Lipinski definition) is 3. The molecule has 6 heteroatoms. The number of hydrogen-bond donors (Lipinski definition) is 1. The molecule has 0 spiro atoms. The van der Waals surface area contributed by atoms with Crippen LogP contribution in [0.3, 0.4) is 0 Å². The lowest BCUT2D eigenvalue weighted by Crippen LogP contribution is -2.51. The number of aromatic nitrogens is 1. The van der Waals surface area contributed by atoms with Crippen LogP contribution in [0.2, 0.25) is 0 Å². The van der Waals surface area contributed by atoms with Crippen molar-refractivity contribution < 1.29 is 14.4 Å². The third-order valence-electron chi connectivity index (χ3n) is 6.14. The minimum Gasteiger partial charge on any atom is -0.351 e. The van der Waals surface area contributed by atoms with Crippen LogP contribution in [0, 0.1) is 5.92 Å². The summed E-state index contributed by atoms with van der Waals surface area (Å²) in [5.41, 5.74) is 2.02. The maximum atomic E-state index is 13.3. The Balaban J connectivity index is 1.64. The van der Waals surface area contributed by atoms with E-state index >= 15 is 0 Å². The number of amides is 2. The van der Waals surface area contributed by atoms with Crippen LogP contribution in [-0.4, -0.2) is 28.2 Å². The summed E-state index contributed by atoms with van der Waals surface area (Å²) in [5, 5.41) is 3.19. The van der Waals surface area contributed by atoms with Gasteiger partial charge in [0.15, 0.2) is 11.8 Å². The Morgan fingerprint density at radius 3 is 2.38 bits per heavy atom. The van der Waals surface area contributed by atoms with Gasteiger partial charge in [0, 0.05) is 23.5 Å². The summed E-state index contributed by atoms with van der Waals surface area (Å²) >= 11 is 0. The fraction of sp³-hybridized carbons (Fsp3) is 0.435. The van der Waals surface area contributed by atoms with Gasteiger partial charge in [-0.3, -0.25) is 19.3 Å². The standard InChI is InChI=1S/C23H27N3O3/c1-15-5-9-18(10-6-15)24-23(29)22-20-4-3-13-25(20)14-21(28)26(22)19-11-7-17(8-12-19)16(2)27/h3-4,7-8,11-13,15,18,22H,5-6,9-10,14H2,1-2H3,(H,24,29). The van der Waals surface area contributed by atoms with E-state index in [0.29, 0.717) is 17.2 Å². The van der Waals surface area contributed by atoms with Crippen molar-refractivity contribution in [1.29, 1.82) is 0 Å². The van der Waals surface area contributed by atoms with Gasteiger partial charge in [-0.25, -0.2) is 0 Å². The van der Waals surface area contributed by atoms with Gasteiger partial charge in [0.1, 0.15) is 6.54 Å². The van der Waals surface area contributed by atoms with Crippen molar-refractivity contribution in [3.05, 3.63) is 53.9 Å². The van der Waals surface area contributed by atoms with E-state index in [9.17, 15) is 14.4 Å². The highest BCUT2D eigenvalue weighted by atomic mass is 16.2. The van der Waals surface area contributed by atoms with Gasteiger partial charge in [0.25, 0.3) is 0 Å². The molecule has 1 aromatic heterocycles. The van der Waals surface area contributed by atoms with Crippen molar-refractivity contribution in [3.63, 3.8) is 0 Å². The average molecular weight is 393 g/mol. The Kier molecular flexibility index (Phi) is 5.26. The van der Waals surface area contributed by atoms with E-state index in [4.69, 9.17) is 0 Å². The number of Topliss-reactive ketones (excluding diaryl/α,β-unsaturated/α-hetero) is 1. The molecule has 2 aliphatic rings. The highest BCUT2D eigenvalue weighted by Gasteiger charge is 2.39. The molecule has 1 saturated carbocycles. The molecular weight excluding hydrogens is 366 g/mol. The van der Waals surface area contributed by atoms with Crippen LogP contribution in [0.15, 0.2) is 42.6 Å². The molecule has 4 rings (SSSR count). The molecule has 0 bridgehead atoms. The number of carbonyl (C=O) groups excluding carboxylic acids is 3. The van der Waals surface area contributed by atoms with Crippen LogP contribution in [0.4, 0.5) is 5.69 Å². The molecule has 152 valence electrons. The number of rotatable bonds is 4. The molecule has 0 saturated heterocycles. The second kappa shape index (κ2) is 7.85. The fourth-order valence-corrected chi connectivity index (χ4v) is 4.40. The summed E-state index contributed by atoms with van der Waals surface area (Å²) in [6.45, 7) is 3.95. The number of carbonyl (C=O) groups is 3. The Morgan fingerprint density at radius 2 is 1.72 bits per heavy atom. The van der Waals surface area contributed by atoms with E-state index in [0.717, 1.165) is 31.4 Å². The smallest absolute Gasteiger partial charge is 0.249 e. The quantitative estimate of drug-likeness (QED) is 0.809. The van der Waals surface area contributed by atoms with Crippen LogP contribution >= 0.6 is 0 Å². The lowest BCUT2D eigenvalue weighted by Gasteiger charge is -2.37. The normalized spacial score (nSPS) is 24.1. The van der Waals surface area contributed by atoms with Gasteiger partial charge in [-0.2, -0.15) is 0 Å². The van der Waals surface area contributed by atoms with Crippen LogP contribution in [-0.2, 0) is 16.1 Å². The number of nitrogens with one attached hydrogen (secondary N) is 1. The molecular formula is C23H27N3O3. The maximum absolute atomic E-state index is 13.3. The van der Waals surface area contributed by atoms with Gasteiger partial charge in [-0.05, 0) is 74.9 Å². The molecule has 29 heavy (non-hydrogen) atoms. The van der Waals surface area contributed by atoms with Crippen molar-refractivity contribution in [2.24, 2.45) is 5.92 Å². The fourth-order valence-electron chi connectivity index (χ4n) is 4.40. The topological polar surface area (TPSA) is 71.4 Å². The number of nitrogens with zero attached hydrogens (tertiary/aromatic N) is 2. The third kappa shape index (κ3) is 3.84. The zero-order valence-corrected chi connectivity index (χ0v) is 16.9. The van der Waals surface area contributed by atoms with Crippen molar-refractivity contribution in [3.8, 4) is 0 Å². The zero-order valence-electron chi connectivity index (χ0n) is 16.9. The summed E-state index contributed by atoms with van der Waals surface area (Å²) in [4.78, 5) is 39.5. The monoisotopic (exact) mass is 393 g/mol. The highest BCUT2D eigenvalue weighted by Crippen LogP contribution is 2.33. The predicted octanol–water partition coefficient (Wildman–Crippen LogP) is 3.47. The van der Waals surface area contributed by atoms with Crippen molar-refractivity contribution in [2.75, 3.05) is 4.90 Å². The first kappa shape index (κ1) is 19.4. The minimum atomic E-state index is -0.714. The average Bonchev–Trinajstić information content (AvgIpc) is 3.16. The van der Waals surface area contributed by atoms with E-state index < -0.39 is 6.04 Å². The molecule has 2 heterocycles. The lowest BCUT2D eigenvalue weighted by molar-refractivity contribution is -0.128. The van der Waals surface area contributed by atoms with Gasteiger partial charge < -0.3 is 9.88 Å². The van der Waals surface area contributed by atoms with Crippen LogP contribution in [0.25, 0.3) is 0 Å². The maximum Gasteiger partial charge on any atom is 0.249 e. The number of benzene rings is 1. The van der Waals surface area contributed by atoms with E-state index in [2.05, 4.69) is 12.2 Å². The molecule has 2 amide bonds. The molecule has 1 aromatic carbocycles. The molecule has 1 fully saturated rings. The number of fused-ring (bicyclic) bond motifs is 1. The van der Waals surface area contributed by atoms with Crippen LogP contribution in [0.1, 0.15) is 61.6 Å². The number of anilines is 1. The summed E-state index contributed by atoms with van der Waals surface area (Å²) in [5.74, 6) is 0.388. The van der Waals surface area contributed by atoms with Gasteiger partial charge in [-0.1, -0.05) is 6.92 Å². The minimum absolute atomic E-state index is 0.0313. The van der Waals surface area contributed by atoms with Crippen LogP contribution < -0.4 is 10.2 Å². The molecule has 0 radical (unpaired) electrons. The molecule has 1 atom stereocenters. The second-order valence-corrected chi connectivity index (χ2v) is 8.30. The van der Waals surface area contributed by atoms with Crippen molar-refractivity contribution in [2.45, 2.75) is 58.2 Å². The Bertz CT molecular complexity index is 923. The van der Waals surface area contributed by atoms with Gasteiger partial charge >= 0.3 is 0 Å². The molecule has 1 N–H and O–H groups in total. The molecule has 1 unspecified atom stereocenters. The van der Waals surface area contributed by atoms with Gasteiger partial charge in [-0.15, -0.1) is 0 Å². The third-order valence-corrected chi connectivity index (χ3v) is 6.14. The second-order valence-electron chi connectivity index (χ2n) is 8.30. The van der Waals surface area contributed by atoms with Crippen molar-refractivity contribution >= 4 is 23.3 Å². The lowest BCUT2D eigenvalue weighted by atomic mass is 9.87. The highest BCUT2D eigenvalue weighted by molar-refractivity contribution is 6.03. The van der Waals surface area contributed by atoms with E-state index in [1.807, 2.05) is 22.9 Å². The first-order valence-electron chi connectivity index (χ1n) is 10.3. The molecule has 1 aliphatic heterocycles. The Labute approximate surface area is 170 Å². The van der Waals surface area contributed by atoms with E-state index in [1.165, 1.54) is 6.92 Å². The summed E-state index contributed by atoms with van der Waals surface area (Å²) in [6.07, 6.45) is 6.01. The summed E-state index contributed by atoms with van der Waals surface area (Å²) < 4.78 is 1.84. The van der Waals surface area contributed by atoms with Gasteiger partial charge in [0.05, 0.1) is 5.69 Å². The first-order valence-corrected chi connectivity index (χ1v) is 10.3. The SMILES string of the molecule is CC(=O)c1ccc(N2C(=O)Cn3cccc3C2C(=O)NC2CCC(C)CC2)cc1.